The summed E-state index contributed by atoms with van der Waals surface area (Å²) in [5, 5.41) is 9.72. The van der Waals surface area contributed by atoms with E-state index >= 15 is 0 Å². The van der Waals surface area contributed by atoms with Crippen LogP contribution in [0.2, 0.25) is 0 Å². The predicted molar refractivity (Wildman–Crippen MR) is 131 cm³/mol. The number of methoxy groups -OCH3 is 2. The third kappa shape index (κ3) is 4.30. The Hall–Kier alpha value is -4.33. The van der Waals surface area contributed by atoms with E-state index in [1.165, 1.54) is 11.1 Å². The van der Waals surface area contributed by atoms with Gasteiger partial charge in [-0.15, -0.1) is 5.10 Å². The minimum absolute atomic E-state index is 0.189. The number of nitrogens with zero attached hydrogens (tertiary/aromatic N) is 3. The summed E-state index contributed by atoms with van der Waals surface area (Å²) in [5.41, 5.74) is 5.11. The number of fused-ring (bicyclic) bond motifs is 1. The lowest BCUT2D eigenvalue weighted by Gasteiger charge is -2.30. The van der Waals surface area contributed by atoms with E-state index < -0.39 is 0 Å². The Morgan fingerprint density at radius 3 is 2.56 bits per heavy atom. The van der Waals surface area contributed by atoms with Crippen molar-refractivity contribution in [3.05, 3.63) is 83.4 Å². The normalized spacial score (nSPS) is 12.7. The number of hydrogen-bond acceptors (Lipinski definition) is 6. The molecule has 0 fully saturated rings. The number of carbonyl (C=O) groups excluding carboxylic acids is 1. The predicted octanol–water partition coefficient (Wildman–Crippen LogP) is 4.30. The zero-order valence-electron chi connectivity index (χ0n) is 19.0. The molecule has 172 valence electrons. The third-order valence-electron chi connectivity index (χ3n) is 6.00. The van der Waals surface area contributed by atoms with Gasteiger partial charge in [0.15, 0.2) is 5.82 Å². The summed E-state index contributed by atoms with van der Waals surface area (Å²) in [6.07, 6.45) is 1.02. The molecule has 0 atom stereocenters. The maximum Gasteiger partial charge on any atom is 0.258 e. The average Bonchev–Trinajstić information content (AvgIpc) is 3.36. The number of carbonyl (C=O) groups is 1. The summed E-state index contributed by atoms with van der Waals surface area (Å²) < 4.78 is 10.7. The number of hydrogen-bond donors (Lipinski definition) is 2. The van der Waals surface area contributed by atoms with E-state index in [4.69, 9.17) is 9.47 Å². The lowest BCUT2D eigenvalue weighted by molar-refractivity contribution is 0.102. The van der Waals surface area contributed by atoms with E-state index in [1.807, 2.05) is 30.3 Å². The molecule has 0 unspecified atom stereocenters. The summed E-state index contributed by atoms with van der Waals surface area (Å²) in [6, 6.07) is 21.5. The van der Waals surface area contributed by atoms with Crippen LogP contribution in [0.5, 0.6) is 11.5 Å². The summed E-state index contributed by atoms with van der Waals surface area (Å²) in [4.78, 5) is 19.5. The molecule has 8 nitrogen and oxygen atoms in total. The minimum Gasteiger partial charge on any atom is -0.497 e. The monoisotopic (exact) mass is 455 g/mol. The third-order valence-corrected chi connectivity index (χ3v) is 6.00. The maximum atomic E-state index is 12.8. The Morgan fingerprint density at radius 2 is 1.79 bits per heavy atom. The smallest absolute Gasteiger partial charge is 0.258 e. The first-order chi connectivity index (χ1) is 16.6. The summed E-state index contributed by atoms with van der Waals surface area (Å²) in [7, 11) is 3.16. The van der Waals surface area contributed by atoms with Crippen LogP contribution < -0.4 is 19.7 Å². The van der Waals surface area contributed by atoms with Crippen molar-refractivity contribution in [1.82, 2.24) is 15.2 Å². The SMILES string of the molecule is COc1ccc(-c2nc(NC(=O)c3ccc(N4CCc5ccccc5C4)cc3)n[nH]2)c(OC)c1. The number of aromatic nitrogens is 3. The molecule has 0 bridgehead atoms. The fraction of sp³-hybridized carbons (Fsp3) is 0.192. The van der Waals surface area contributed by atoms with E-state index in [0.717, 1.165) is 25.2 Å². The van der Waals surface area contributed by atoms with Gasteiger partial charge in [0.2, 0.25) is 5.95 Å². The van der Waals surface area contributed by atoms with Gasteiger partial charge in [-0.05, 0) is 53.9 Å². The molecule has 34 heavy (non-hydrogen) atoms. The van der Waals surface area contributed by atoms with Crippen molar-refractivity contribution in [2.75, 3.05) is 31.0 Å². The van der Waals surface area contributed by atoms with Crippen LogP contribution in [0.4, 0.5) is 11.6 Å². The molecule has 0 saturated heterocycles. The van der Waals surface area contributed by atoms with Gasteiger partial charge in [-0.3, -0.25) is 15.2 Å². The largest absolute Gasteiger partial charge is 0.497 e. The lowest BCUT2D eigenvalue weighted by atomic mass is 9.99. The number of benzene rings is 3. The van der Waals surface area contributed by atoms with Crippen molar-refractivity contribution in [2.45, 2.75) is 13.0 Å². The zero-order valence-corrected chi connectivity index (χ0v) is 19.0. The molecule has 0 spiro atoms. The van der Waals surface area contributed by atoms with Gasteiger partial charge < -0.3 is 14.4 Å². The van der Waals surface area contributed by atoms with Crippen LogP contribution in [-0.4, -0.2) is 41.9 Å². The van der Waals surface area contributed by atoms with Gasteiger partial charge in [0.1, 0.15) is 11.5 Å². The molecule has 0 aliphatic carbocycles. The Labute approximate surface area is 197 Å². The van der Waals surface area contributed by atoms with Gasteiger partial charge in [0.25, 0.3) is 5.91 Å². The highest BCUT2D eigenvalue weighted by Gasteiger charge is 2.17. The first-order valence-electron chi connectivity index (χ1n) is 11.0. The molecule has 1 aliphatic heterocycles. The van der Waals surface area contributed by atoms with E-state index in [-0.39, 0.29) is 11.9 Å². The molecule has 8 heteroatoms. The first-order valence-corrected chi connectivity index (χ1v) is 11.0. The van der Waals surface area contributed by atoms with Crippen LogP contribution >= 0.6 is 0 Å². The molecule has 3 aromatic carbocycles. The number of ether oxygens (including phenoxy) is 2. The molecule has 2 N–H and O–H groups in total. The van der Waals surface area contributed by atoms with Crippen LogP contribution in [0.25, 0.3) is 11.4 Å². The van der Waals surface area contributed by atoms with Crippen molar-refractivity contribution in [1.29, 1.82) is 0 Å². The number of anilines is 2. The quantitative estimate of drug-likeness (QED) is 0.450. The summed E-state index contributed by atoms with van der Waals surface area (Å²) >= 11 is 0. The number of amides is 1. The van der Waals surface area contributed by atoms with Gasteiger partial charge in [-0.2, -0.15) is 4.98 Å². The summed E-state index contributed by atoms with van der Waals surface area (Å²) in [6.45, 7) is 1.83. The second kappa shape index (κ2) is 9.27. The van der Waals surface area contributed by atoms with Gasteiger partial charge in [0.05, 0.1) is 19.8 Å². The van der Waals surface area contributed by atoms with Crippen molar-refractivity contribution in [2.24, 2.45) is 0 Å². The molecular formula is C26H25N5O3. The molecule has 0 saturated carbocycles. The van der Waals surface area contributed by atoms with Crippen LogP contribution in [-0.2, 0) is 13.0 Å². The van der Waals surface area contributed by atoms with Gasteiger partial charge in [-0.25, -0.2) is 0 Å². The minimum atomic E-state index is -0.275. The van der Waals surface area contributed by atoms with E-state index in [0.29, 0.717) is 28.5 Å². The Bertz CT molecular complexity index is 1320. The van der Waals surface area contributed by atoms with Gasteiger partial charge in [0, 0.05) is 30.4 Å². The Kier molecular flexibility index (Phi) is 5.86. The first kappa shape index (κ1) is 21.5. The molecular weight excluding hydrogens is 430 g/mol. The molecule has 1 aromatic heterocycles. The van der Waals surface area contributed by atoms with E-state index in [1.54, 1.807) is 26.4 Å². The van der Waals surface area contributed by atoms with Crippen molar-refractivity contribution in [3.8, 4) is 22.9 Å². The number of nitrogens with one attached hydrogen (secondary N) is 2. The molecule has 1 amide bonds. The van der Waals surface area contributed by atoms with Gasteiger partial charge in [-0.1, -0.05) is 24.3 Å². The average molecular weight is 456 g/mol. The Morgan fingerprint density at radius 1 is 1.00 bits per heavy atom. The molecule has 4 aromatic rings. The topological polar surface area (TPSA) is 92.4 Å². The highest BCUT2D eigenvalue weighted by atomic mass is 16.5. The highest BCUT2D eigenvalue weighted by Crippen LogP contribution is 2.31. The molecule has 0 radical (unpaired) electrons. The second-order valence-corrected chi connectivity index (χ2v) is 8.02. The standard InChI is InChI=1S/C26H25N5O3/c1-33-21-11-12-22(23(15-21)34-2)24-27-26(30-29-24)28-25(32)18-7-9-20(10-8-18)31-14-13-17-5-3-4-6-19(17)16-31/h3-12,15H,13-14,16H2,1-2H3,(H2,27,28,29,30,32). The van der Waals surface area contributed by atoms with E-state index in [2.05, 4.69) is 49.7 Å². The van der Waals surface area contributed by atoms with Crippen LogP contribution in [0.1, 0.15) is 21.5 Å². The Balaban J connectivity index is 1.26. The second-order valence-electron chi connectivity index (χ2n) is 8.02. The maximum absolute atomic E-state index is 12.8. The highest BCUT2D eigenvalue weighted by molar-refractivity contribution is 6.03. The number of rotatable bonds is 6. The van der Waals surface area contributed by atoms with Crippen LogP contribution in [0, 0.1) is 0 Å². The molecule has 5 rings (SSSR count). The van der Waals surface area contributed by atoms with Crippen molar-refractivity contribution in [3.63, 3.8) is 0 Å². The molecule has 2 heterocycles. The zero-order chi connectivity index (χ0) is 23.5. The van der Waals surface area contributed by atoms with Crippen LogP contribution in [0.3, 0.4) is 0 Å². The van der Waals surface area contributed by atoms with E-state index in [9.17, 15) is 4.79 Å². The summed E-state index contributed by atoms with van der Waals surface area (Å²) in [5.74, 6) is 1.66. The molecule has 1 aliphatic rings. The number of H-pyrrole nitrogens is 1. The lowest BCUT2D eigenvalue weighted by Crippen LogP contribution is -2.30. The fourth-order valence-electron chi connectivity index (χ4n) is 4.15. The van der Waals surface area contributed by atoms with Crippen LogP contribution in [0.15, 0.2) is 66.7 Å². The van der Waals surface area contributed by atoms with Crippen molar-refractivity contribution < 1.29 is 14.3 Å². The number of aromatic amines is 1. The van der Waals surface area contributed by atoms with Crippen molar-refractivity contribution >= 4 is 17.5 Å². The van der Waals surface area contributed by atoms with Gasteiger partial charge >= 0.3 is 0 Å². The fourth-order valence-corrected chi connectivity index (χ4v) is 4.15.